The molecule has 0 aliphatic rings. The third kappa shape index (κ3) is 5.66. The predicted octanol–water partition coefficient (Wildman–Crippen LogP) is -1.17. The van der Waals surface area contributed by atoms with Gasteiger partial charge in [-0.05, 0) is 24.3 Å². The number of para-hydroxylation sites is 1. The number of nitrogens with one attached hydrogen (secondary N) is 1. The number of carbonyl (C=O) groups excluding carboxylic acids is 2. The van der Waals surface area contributed by atoms with Gasteiger partial charge in [-0.1, -0.05) is 35.5 Å². The van der Waals surface area contributed by atoms with Crippen LogP contribution in [0.4, 0.5) is 5.69 Å². The van der Waals surface area contributed by atoms with Crippen LogP contribution in [0.5, 0.6) is 0 Å². The van der Waals surface area contributed by atoms with Crippen LogP contribution in [0.2, 0.25) is 5.02 Å². The maximum Gasteiger partial charge on any atom is 1.00 e. The summed E-state index contributed by atoms with van der Waals surface area (Å²) in [4.78, 5) is 26.7. The first-order valence-corrected chi connectivity index (χ1v) is 7.28. The van der Waals surface area contributed by atoms with Gasteiger partial charge in [0.25, 0.3) is 0 Å². The molecule has 22 heavy (non-hydrogen) atoms. The zero-order valence-corrected chi connectivity index (χ0v) is 16.4. The fourth-order valence-corrected chi connectivity index (χ4v) is 2.51. The number of benzene rings is 1. The van der Waals surface area contributed by atoms with Crippen LogP contribution in [-0.4, -0.2) is 22.6 Å². The smallest absolute Gasteiger partial charge is 0.545 e. The number of carbonyl (C=O) groups is 2. The summed E-state index contributed by atoms with van der Waals surface area (Å²) < 4.78 is 0. The number of aromatic carboxylic acids is 1. The first-order chi connectivity index (χ1) is 10.1. The molecule has 1 aromatic heterocycles. The molecule has 1 N–H and O–H groups in total. The van der Waals surface area contributed by atoms with E-state index in [0.717, 1.165) is 11.8 Å². The quantitative estimate of drug-likeness (QED) is 0.537. The third-order valence-corrected chi connectivity index (χ3v) is 3.81. The van der Waals surface area contributed by atoms with E-state index in [0.29, 0.717) is 10.7 Å². The number of aromatic nitrogens is 1. The van der Waals surface area contributed by atoms with Gasteiger partial charge in [0, 0.05) is 11.8 Å². The van der Waals surface area contributed by atoms with E-state index in [-0.39, 0.29) is 73.6 Å². The summed E-state index contributed by atoms with van der Waals surface area (Å²) in [5, 5.41) is 14.2. The largest absolute Gasteiger partial charge is 1.00 e. The van der Waals surface area contributed by atoms with Crippen LogP contribution in [0, 0.1) is 0 Å². The van der Waals surface area contributed by atoms with Crippen molar-refractivity contribution in [2.24, 2.45) is 0 Å². The molecule has 0 saturated carbocycles. The fraction of sp³-hybridized carbons (Fsp3) is 0.0714. The van der Waals surface area contributed by atoms with Crippen LogP contribution in [-0.2, 0) is 4.79 Å². The first-order valence-electron chi connectivity index (χ1n) is 5.91. The Labute approximate surface area is 179 Å². The summed E-state index contributed by atoms with van der Waals surface area (Å²) in [5.41, 5.74) is 0.471. The Balaban J connectivity index is 0.00000242. The number of halogens is 1. The van der Waals surface area contributed by atoms with Gasteiger partial charge in [-0.2, -0.15) is 0 Å². The molecule has 108 valence electrons. The number of carboxylic acids is 1. The molecule has 0 aliphatic carbocycles. The second-order valence-electron chi connectivity index (χ2n) is 3.96. The second-order valence-corrected chi connectivity index (χ2v) is 5.33. The van der Waals surface area contributed by atoms with Gasteiger partial charge in [-0.25, -0.2) is 4.98 Å². The van der Waals surface area contributed by atoms with Crippen molar-refractivity contribution in [3.63, 3.8) is 0 Å². The summed E-state index contributed by atoms with van der Waals surface area (Å²) in [6.45, 7) is 0. The molecule has 0 aliphatic heterocycles. The Morgan fingerprint density at radius 3 is 2.64 bits per heavy atom. The number of pyridine rings is 1. The van der Waals surface area contributed by atoms with Crippen molar-refractivity contribution in [2.45, 2.75) is 5.03 Å². The summed E-state index contributed by atoms with van der Waals surface area (Å²) in [5.74, 6) is -1.61. The number of nitrogens with zero attached hydrogens (tertiary/aromatic N) is 1. The average Bonchev–Trinajstić information content (AvgIpc) is 2.48. The Kier molecular flexibility index (Phi) is 8.62. The van der Waals surface area contributed by atoms with E-state index >= 15 is 0 Å². The minimum atomic E-state index is -1.32. The molecule has 0 bridgehead atoms. The minimum absolute atomic E-state index is 0. The summed E-state index contributed by atoms with van der Waals surface area (Å²) in [6.07, 6.45) is 1.46. The van der Waals surface area contributed by atoms with Gasteiger partial charge in [0.05, 0.1) is 22.4 Å². The number of anilines is 1. The van der Waals surface area contributed by atoms with Gasteiger partial charge in [0.15, 0.2) is 0 Å². The molecule has 0 radical (unpaired) electrons. The van der Waals surface area contributed by atoms with Crippen molar-refractivity contribution in [1.82, 2.24) is 4.98 Å². The van der Waals surface area contributed by atoms with Crippen molar-refractivity contribution in [3.05, 3.63) is 53.2 Å². The Morgan fingerprint density at radius 1 is 1.23 bits per heavy atom. The molecule has 2 rings (SSSR count). The molecular weight excluding hydrogens is 351 g/mol. The van der Waals surface area contributed by atoms with Crippen LogP contribution in [0.1, 0.15) is 10.4 Å². The molecule has 0 spiro atoms. The van der Waals surface area contributed by atoms with Crippen molar-refractivity contribution >= 4 is 40.9 Å². The fourth-order valence-electron chi connectivity index (χ4n) is 1.54. The Bertz CT molecular complexity index is 685. The van der Waals surface area contributed by atoms with Gasteiger partial charge in [-0.3, -0.25) is 4.79 Å². The number of carboxylic acid groups (broad SMARTS) is 1. The number of hydrogen-bond acceptors (Lipinski definition) is 5. The van der Waals surface area contributed by atoms with E-state index in [4.69, 9.17) is 11.6 Å². The van der Waals surface area contributed by atoms with Crippen molar-refractivity contribution in [3.8, 4) is 0 Å². The van der Waals surface area contributed by atoms with Crippen LogP contribution in [0.25, 0.3) is 0 Å². The zero-order chi connectivity index (χ0) is 15.2. The number of hydrogen-bond donors (Lipinski definition) is 1. The molecule has 0 saturated heterocycles. The zero-order valence-electron chi connectivity index (χ0n) is 11.7. The predicted molar refractivity (Wildman–Crippen MR) is 79.4 cm³/mol. The maximum atomic E-state index is 11.8. The van der Waals surface area contributed by atoms with Crippen LogP contribution in [0.3, 0.4) is 0 Å². The minimum Gasteiger partial charge on any atom is -0.545 e. The van der Waals surface area contributed by atoms with Gasteiger partial charge < -0.3 is 15.2 Å². The SMILES string of the molecule is O=C(CSc1ncccc1C(=O)[O-])Nc1ccccc1Cl.[K+]. The number of thioether (sulfide) groups is 1. The van der Waals surface area contributed by atoms with E-state index in [1.54, 1.807) is 24.3 Å². The molecule has 1 amide bonds. The van der Waals surface area contributed by atoms with Crippen molar-refractivity contribution in [2.75, 3.05) is 11.1 Å². The molecule has 8 heteroatoms. The van der Waals surface area contributed by atoms with E-state index in [9.17, 15) is 14.7 Å². The van der Waals surface area contributed by atoms with E-state index < -0.39 is 5.97 Å². The Morgan fingerprint density at radius 2 is 1.95 bits per heavy atom. The second kappa shape index (κ2) is 9.66. The van der Waals surface area contributed by atoms with Gasteiger partial charge >= 0.3 is 51.4 Å². The van der Waals surface area contributed by atoms with E-state index in [1.807, 2.05) is 0 Å². The maximum absolute atomic E-state index is 11.8. The molecule has 1 heterocycles. The monoisotopic (exact) mass is 360 g/mol. The van der Waals surface area contributed by atoms with Gasteiger partial charge in [0.1, 0.15) is 5.03 Å². The Hall–Kier alpha value is -0.414. The van der Waals surface area contributed by atoms with Gasteiger partial charge in [-0.15, -0.1) is 0 Å². The summed E-state index contributed by atoms with van der Waals surface area (Å²) >= 11 is 6.95. The number of rotatable bonds is 5. The first kappa shape index (κ1) is 19.6. The molecule has 0 unspecified atom stereocenters. The van der Waals surface area contributed by atoms with E-state index in [1.165, 1.54) is 18.3 Å². The topological polar surface area (TPSA) is 82.1 Å². The third-order valence-electron chi connectivity index (χ3n) is 2.48. The molecule has 0 atom stereocenters. The summed E-state index contributed by atoms with van der Waals surface area (Å²) in [7, 11) is 0. The normalized spacial score (nSPS) is 9.68. The molecule has 5 nitrogen and oxygen atoms in total. The molecule has 1 aromatic carbocycles. The van der Waals surface area contributed by atoms with Crippen LogP contribution in [0.15, 0.2) is 47.6 Å². The van der Waals surface area contributed by atoms with Gasteiger partial charge in [0.2, 0.25) is 5.91 Å². The standard InChI is InChI=1S/C14H11ClN2O3S.K/c15-10-5-1-2-6-11(10)17-12(18)8-21-13-9(14(19)20)4-3-7-16-13;/h1-7H,8H2,(H,17,18)(H,19,20);/q;+1/p-1. The average molecular weight is 361 g/mol. The number of amides is 1. The molecule has 0 fully saturated rings. The van der Waals surface area contributed by atoms with Crippen LogP contribution >= 0.6 is 23.4 Å². The van der Waals surface area contributed by atoms with Crippen LogP contribution < -0.4 is 61.8 Å². The summed E-state index contributed by atoms with van der Waals surface area (Å²) in [6, 6.07) is 9.74. The van der Waals surface area contributed by atoms with Crippen molar-refractivity contribution in [1.29, 1.82) is 0 Å². The van der Waals surface area contributed by atoms with E-state index in [2.05, 4.69) is 10.3 Å². The molecule has 2 aromatic rings. The molecular formula is C14H10ClKN2O3S. The van der Waals surface area contributed by atoms with Crippen molar-refractivity contribution < 1.29 is 66.1 Å².